The summed E-state index contributed by atoms with van der Waals surface area (Å²) >= 11 is 0. The molecule has 0 saturated heterocycles. The number of ether oxygens (including phenoxy) is 1. The molecule has 0 spiro atoms. The number of methoxy groups -OCH3 is 1. The fourth-order valence-electron chi connectivity index (χ4n) is 1.62. The summed E-state index contributed by atoms with van der Waals surface area (Å²) in [6.45, 7) is 7.05. The molecule has 0 fully saturated rings. The summed E-state index contributed by atoms with van der Waals surface area (Å²) in [6.07, 6.45) is 0.853. The molecule has 0 rings (SSSR count). The van der Waals surface area contributed by atoms with E-state index in [0.29, 0.717) is 19.1 Å². The highest BCUT2D eigenvalue weighted by Gasteiger charge is 2.17. The van der Waals surface area contributed by atoms with Gasteiger partial charge in [0.2, 0.25) is 5.91 Å². The molecule has 0 bridgehead atoms. The van der Waals surface area contributed by atoms with Crippen LogP contribution in [0.15, 0.2) is 0 Å². The van der Waals surface area contributed by atoms with Crippen LogP contribution < -0.4 is 10.6 Å². The van der Waals surface area contributed by atoms with Crippen molar-refractivity contribution in [3.05, 3.63) is 0 Å². The van der Waals surface area contributed by atoms with Crippen LogP contribution in [0.1, 0.15) is 27.2 Å². The first-order chi connectivity index (χ1) is 8.01. The molecule has 17 heavy (non-hydrogen) atoms. The molecule has 1 amide bonds. The molecule has 0 aliphatic heterocycles. The van der Waals surface area contributed by atoms with Gasteiger partial charge in [0.1, 0.15) is 0 Å². The van der Waals surface area contributed by atoms with E-state index >= 15 is 0 Å². The first kappa shape index (κ1) is 16.4. The van der Waals surface area contributed by atoms with Crippen LogP contribution in [0.2, 0.25) is 0 Å². The van der Waals surface area contributed by atoms with Crippen molar-refractivity contribution in [3.8, 4) is 0 Å². The van der Waals surface area contributed by atoms with Gasteiger partial charge in [0.15, 0.2) is 0 Å². The average Bonchev–Trinajstić information content (AvgIpc) is 2.27. The molecule has 0 aliphatic carbocycles. The van der Waals surface area contributed by atoms with Crippen molar-refractivity contribution >= 4 is 5.91 Å². The summed E-state index contributed by atoms with van der Waals surface area (Å²) in [7, 11) is 1.60. The second kappa shape index (κ2) is 9.39. The number of rotatable bonds is 9. The SMILES string of the molecule is COCCNC(=O)C(C)NC(CO)CC(C)C. The zero-order valence-electron chi connectivity index (χ0n) is 11.3. The number of carbonyl (C=O) groups excluding carboxylic acids is 1. The minimum atomic E-state index is -0.303. The molecule has 0 heterocycles. The Balaban J connectivity index is 3.94. The summed E-state index contributed by atoms with van der Waals surface area (Å²) in [5.74, 6) is 0.424. The zero-order chi connectivity index (χ0) is 13.3. The molecule has 5 nitrogen and oxygen atoms in total. The summed E-state index contributed by atoms with van der Waals surface area (Å²) in [6, 6.07) is -0.332. The topological polar surface area (TPSA) is 70.6 Å². The number of nitrogens with one attached hydrogen (secondary N) is 2. The van der Waals surface area contributed by atoms with Gasteiger partial charge in [-0.25, -0.2) is 0 Å². The second-order valence-corrected chi connectivity index (χ2v) is 4.68. The van der Waals surface area contributed by atoms with Gasteiger partial charge in [-0.2, -0.15) is 0 Å². The molecule has 0 aromatic carbocycles. The molecule has 3 N–H and O–H groups in total. The lowest BCUT2D eigenvalue weighted by Gasteiger charge is -2.22. The minimum absolute atomic E-state index is 0.0295. The fraction of sp³-hybridized carbons (Fsp3) is 0.917. The summed E-state index contributed by atoms with van der Waals surface area (Å²) in [4.78, 5) is 11.6. The van der Waals surface area contributed by atoms with Gasteiger partial charge in [0.05, 0.1) is 19.3 Å². The normalized spacial score (nSPS) is 14.7. The maximum atomic E-state index is 11.6. The van der Waals surface area contributed by atoms with Crippen LogP contribution in [-0.4, -0.2) is 50.0 Å². The van der Waals surface area contributed by atoms with Crippen LogP contribution in [0, 0.1) is 5.92 Å². The molecule has 0 radical (unpaired) electrons. The first-order valence-electron chi connectivity index (χ1n) is 6.14. The van der Waals surface area contributed by atoms with Crippen LogP contribution in [0.4, 0.5) is 0 Å². The predicted octanol–water partition coefficient (Wildman–Crippen LogP) is 0.134. The van der Waals surface area contributed by atoms with E-state index in [4.69, 9.17) is 4.74 Å². The number of amides is 1. The molecule has 2 unspecified atom stereocenters. The van der Waals surface area contributed by atoms with Gasteiger partial charge in [-0.05, 0) is 19.3 Å². The minimum Gasteiger partial charge on any atom is -0.395 e. The van der Waals surface area contributed by atoms with Crippen molar-refractivity contribution in [2.45, 2.75) is 39.3 Å². The van der Waals surface area contributed by atoms with Crippen molar-refractivity contribution < 1.29 is 14.6 Å². The van der Waals surface area contributed by atoms with Gasteiger partial charge in [-0.3, -0.25) is 4.79 Å². The maximum absolute atomic E-state index is 11.6. The van der Waals surface area contributed by atoms with E-state index in [-0.39, 0.29) is 24.6 Å². The van der Waals surface area contributed by atoms with E-state index in [9.17, 15) is 9.90 Å². The number of carbonyl (C=O) groups is 1. The highest BCUT2D eigenvalue weighted by molar-refractivity contribution is 5.81. The number of aliphatic hydroxyl groups excluding tert-OH is 1. The van der Waals surface area contributed by atoms with Crippen molar-refractivity contribution in [3.63, 3.8) is 0 Å². The summed E-state index contributed by atoms with van der Waals surface area (Å²) < 4.78 is 4.85. The van der Waals surface area contributed by atoms with Gasteiger partial charge in [0.25, 0.3) is 0 Å². The van der Waals surface area contributed by atoms with Crippen LogP contribution in [0.25, 0.3) is 0 Å². The molecule has 0 aromatic heterocycles. The molecule has 0 aliphatic rings. The van der Waals surface area contributed by atoms with Gasteiger partial charge < -0.3 is 20.5 Å². The van der Waals surface area contributed by atoms with Crippen molar-refractivity contribution in [1.82, 2.24) is 10.6 Å². The fourth-order valence-corrected chi connectivity index (χ4v) is 1.62. The van der Waals surface area contributed by atoms with E-state index in [1.54, 1.807) is 14.0 Å². The Kier molecular flexibility index (Phi) is 9.03. The van der Waals surface area contributed by atoms with E-state index in [2.05, 4.69) is 24.5 Å². The quantitative estimate of drug-likeness (QED) is 0.506. The highest BCUT2D eigenvalue weighted by atomic mass is 16.5. The van der Waals surface area contributed by atoms with Crippen LogP contribution in [-0.2, 0) is 9.53 Å². The molecule has 0 aromatic rings. The number of hydrogen-bond acceptors (Lipinski definition) is 4. The number of aliphatic hydroxyl groups is 1. The van der Waals surface area contributed by atoms with Crippen LogP contribution in [0.3, 0.4) is 0 Å². The Labute approximate surface area is 104 Å². The molecule has 102 valence electrons. The number of hydrogen-bond donors (Lipinski definition) is 3. The van der Waals surface area contributed by atoms with E-state index in [0.717, 1.165) is 6.42 Å². The summed E-state index contributed by atoms with van der Waals surface area (Å²) in [5, 5.41) is 15.1. The average molecular weight is 246 g/mol. The third kappa shape index (κ3) is 8.12. The first-order valence-corrected chi connectivity index (χ1v) is 6.14. The van der Waals surface area contributed by atoms with E-state index in [1.807, 2.05) is 0 Å². The lowest BCUT2D eigenvalue weighted by Crippen LogP contribution is -2.48. The Morgan fingerprint density at radius 3 is 2.47 bits per heavy atom. The van der Waals surface area contributed by atoms with Crippen LogP contribution >= 0.6 is 0 Å². The summed E-state index contributed by atoms with van der Waals surface area (Å²) in [5.41, 5.74) is 0. The highest BCUT2D eigenvalue weighted by Crippen LogP contribution is 2.04. The second-order valence-electron chi connectivity index (χ2n) is 4.68. The Morgan fingerprint density at radius 1 is 1.35 bits per heavy atom. The van der Waals surface area contributed by atoms with Gasteiger partial charge >= 0.3 is 0 Å². The van der Waals surface area contributed by atoms with Crippen molar-refractivity contribution in [2.24, 2.45) is 5.92 Å². The molecule has 0 saturated carbocycles. The molecular formula is C12H26N2O3. The lowest BCUT2D eigenvalue weighted by molar-refractivity contribution is -0.123. The Morgan fingerprint density at radius 2 is 2.00 bits per heavy atom. The van der Waals surface area contributed by atoms with E-state index < -0.39 is 0 Å². The molecule has 2 atom stereocenters. The smallest absolute Gasteiger partial charge is 0.236 e. The zero-order valence-corrected chi connectivity index (χ0v) is 11.3. The molecule has 5 heteroatoms. The largest absolute Gasteiger partial charge is 0.395 e. The van der Waals surface area contributed by atoms with E-state index in [1.165, 1.54) is 0 Å². The Hall–Kier alpha value is -0.650. The standard InChI is InChI=1S/C12H26N2O3/c1-9(2)7-11(8-15)14-10(3)12(16)13-5-6-17-4/h9-11,14-15H,5-8H2,1-4H3,(H,13,16). The van der Waals surface area contributed by atoms with Crippen molar-refractivity contribution in [1.29, 1.82) is 0 Å². The third-order valence-corrected chi connectivity index (χ3v) is 2.46. The van der Waals surface area contributed by atoms with Gasteiger partial charge in [-0.15, -0.1) is 0 Å². The third-order valence-electron chi connectivity index (χ3n) is 2.46. The van der Waals surface area contributed by atoms with Gasteiger partial charge in [-0.1, -0.05) is 13.8 Å². The van der Waals surface area contributed by atoms with Crippen molar-refractivity contribution in [2.75, 3.05) is 26.9 Å². The monoisotopic (exact) mass is 246 g/mol. The lowest BCUT2D eigenvalue weighted by atomic mass is 10.0. The Bertz CT molecular complexity index is 210. The maximum Gasteiger partial charge on any atom is 0.236 e. The van der Waals surface area contributed by atoms with Crippen LogP contribution in [0.5, 0.6) is 0 Å². The predicted molar refractivity (Wildman–Crippen MR) is 67.8 cm³/mol. The molecular weight excluding hydrogens is 220 g/mol. The van der Waals surface area contributed by atoms with Gasteiger partial charge in [0, 0.05) is 19.7 Å².